The molecule has 1 aromatic rings. The number of benzene rings is 1. The van der Waals surface area contributed by atoms with E-state index in [4.69, 9.17) is 14.2 Å². The third-order valence-electron chi connectivity index (χ3n) is 4.42. The monoisotopic (exact) mass is 343 g/mol. The fourth-order valence-corrected chi connectivity index (χ4v) is 3.16. The van der Waals surface area contributed by atoms with Gasteiger partial charge in [-0.15, -0.1) is 12.4 Å². The normalized spacial score (nSPS) is 16.0. The van der Waals surface area contributed by atoms with E-state index in [2.05, 4.69) is 5.32 Å². The van der Waals surface area contributed by atoms with Crippen LogP contribution >= 0.6 is 12.4 Å². The molecule has 23 heavy (non-hydrogen) atoms. The van der Waals surface area contributed by atoms with Gasteiger partial charge in [0, 0.05) is 12.6 Å². The Morgan fingerprint density at radius 1 is 0.870 bits per heavy atom. The summed E-state index contributed by atoms with van der Waals surface area (Å²) in [7, 11) is 4.94. The summed E-state index contributed by atoms with van der Waals surface area (Å²) in [4.78, 5) is 0. The molecule has 132 valence electrons. The predicted molar refractivity (Wildman–Crippen MR) is 96.3 cm³/mol. The van der Waals surface area contributed by atoms with Crippen molar-refractivity contribution in [1.82, 2.24) is 5.32 Å². The van der Waals surface area contributed by atoms with Crippen LogP contribution in [0.3, 0.4) is 0 Å². The number of ether oxygens (including phenoxy) is 3. The van der Waals surface area contributed by atoms with Gasteiger partial charge >= 0.3 is 0 Å². The average Bonchev–Trinajstić information content (AvgIpc) is 2.52. The Kier molecular flexibility index (Phi) is 9.19. The van der Waals surface area contributed by atoms with Gasteiger partial charge in [0.25, 0.3) is 0 Å². The van der Waals surface area contributed by atoms with Gasteiger partial charge in [-0.1, -0.05) is 32.1 Å². The largest absolute Gasteiger partial charge is 0.493 e. The lowest BCUT2D eigenvalue weighted by atomic mass is 9.96. The Morgan fingerprint density at radius 2 is 1.39 bits per heavy atom. The molecule has 5 heteroatoms. The van der Waals surface area contributed by atoms with Crippen molar-refractivity contribution in [3.63, 3.8) is 0 Å². The van der Waals surface area contributed by atoms with Gasteiger partial charge in [0.2, 0.25) is 5.75 Å². The molecule has 0 radical (unpaired) electrons. The third kappa shape index (κ3) is 5.78. The maximum absolute atomic E-state index is 5.41. The van der Waals surface area contributed by atoms with Crippen molar-refractivity contribution in [2.75, 3.05) is 21.3 Å². The predicted octanol–water partition coefficient (Wildman–Crippen LogP) is 4.34. The zero-order valence-corrected chi connectivity index (χ0v) is 15.3. The lowest BCUT2D eigenvalue weighted by Gasteiger charge is -2.21. The molecule has 0 spiro atoms. The van der Waals surface area contributed by atoms with Crippen molar-refractivity contribution in [3.8, 4) is 17.2 Å². The number of halogens is 1. The number of methoxy groups -OCH3 is 3. The van der Waals surface area contributed by atoms with Crippen LogP contribution in [-0.4, -0.2) is 27.4 Å². The standard InChI is InChI=1S/C18H29NO3.ClH/c1-20-16-11-14(12-17(21-2)18(16)22-3)13-19-15-9-7-5-4-6-8-10-15;/h11-12,15,19H,4-10,13H2,1-3H3;1H. The smallest absolute Gasteiger partial charge is 0.203 e. The van der Waals surface area contributed by atoms with E-state index in [9.17, 15) is 0 Å². The number of nitrogens with one attached hydrogen (secondary N) is 1. The fraction of sp³-hybridized carbons (Fsp3) is 0.667. The second kappa shape index (κ2) is 10.6. The van der Waals surface area contributed by atoms with Gasteiger partial charge in [-0.3, -0.25) is 0 Å². The second-order valence-electron chi connectivity index (χ2n) is 5.96. The van der Waals surface area contributed by atoms with E-state index in [0.717, 1.165) is 23.6 Å². The SMILES string of the molecule is COc1cc(CNC2CCCCCCC2)cc(OC)c1OC.Cl. The van der Waals surface area contributed by atoms with Crippen LogP contribution in [0.1, 0.15) is 50.5 Å². The zero-order valence-electron chi connectivity index (χ0n) is 14.5. The molecular weight excluding hydrogens is 314 g/mol. The molecule has 0 heterocycles. The number of rotatable bonds is 6. The summed E-state index contributed by atoms with van der Waals surface area (Å²) in [6.07, 6.45) is 9.40. The Balaban J connectivity index is 0.00000264. The highest BCUT2D eigenvalue weighted by atomic mass is 35.5. The van der Waals surface area contributed by atoms with Gasteiger partial charge < -0.3 is 19.5 Å². The minimum atomic E-state index is 0. The average molecular weight is 344 g/mol. The molecule has 0 bridgehead atoms. The third-order valence-corrected chi connectivity index (χ3v) is 4.42. The summed E-state index contributed by atoms with van der Waals surface area (Å²) >= 11 is 0. The first-order valence-corrected chi connectivity index (χ1v) is 8.30. The highest BCUT2D eigenvalue weighted by molar-refractivity contribution is 5.85. The highest BCUT2D eigenvalue weighted by Gasteiger charge is 2.15. The van der Waals surface area contributed by atoms with E-state index in [0.29, 0.717) is 11.8 Å². The molecule has 0 saturated heterocycles. The van der Waals surface area contributed by atoms with E-state index in [1.165, 1.54) is 44.9 Å². The molecule has 0 aliphatic heterocycles. The van der Waals surface area contributed by atoms with Crippen LogP contribution in [0.15, 0.2) is 12.1 Å². The van der Waals surface area contributed by atoms with E-state index in [-0.39, 0.29) is 12.4 Å². The molecule has 1 saturated carbocycles. The molecular formula is C18H30ClNO3. The maximum Gasteiger partial charge on any atom is 0.203 e. The quantitative estimate of drug-likeness (QED) is 0.834. The van der Waals surface area contributed by atoms with Crippen LogP contribution in [0.25, 0.3) is 0 Å². The molecule has 1 fully saturated rings. The van der Waals surface area contributed by atoms with E-state index in [1.807, 2.05) is 12.1 Å². The van der Waals surface area contributed by atoms with Crippen molar-refractivity contribution in [2.24, 2.45) is 0 Å². The van der Waals surface area contributed by atoms with Crippen LogP contribution in [-0.2, 0) is 6.54 Å². The maximum atomic E-state index is 5.41. The van der Waals surface area contributed by atoms with E-state index in [1.54, 1.807) is 21.3 Å². The van der Waals surface area contributed by atoms with Crippen molar-refractivity contribution in [3.05, 3.63) is 17.7 Å². The molecule has 2 rings (SSSR count). The first-order valence-electron chi connectivity index (χ1n) is 8.30. The minimum Gasteiger partial charge on any atom is -0.493 e. The zero-order chi connectivity index (χ0) is 15.8. The second-order valence-corrected chi connectivity index (χ2v) is 5.96. The highest BCUT2D eigenvalue weighted by Crippen LogP contribution is 2.38. The van der Waals surface area contributed by atoms with Crippen LogP contribution in [0, 0.1) is 0 Å². The van der Waals surface area contributed by atoms with Crippen molar-refractivity contribution in [1.29, 1.82) is 0 Å². The van der Waals surface area contributed by atoms with Crippen LogP contribution in [0.5, 0.6) is 17.2 Å². The summed E-state index contributed by atoms with van der Waals surface area (Å²) in [5.41, 5.74) is 1.16. The van der Waals surface area contributed by atoms with Gasteiger partial charge in [-0.05, 0) is 30.5 Å². The molecule has 1 aliphatic rings. The molecule has 1 aliphatic carbocycles. The lowest BCUT2D eigenvalue weighted by molar-refractivity contribution is 0.323. The van der Waals surface area contributed by atoms with Gasteiger partial charge in [0.1, 0.15) is 0 Å². The Bertz CT molecular complexity index is 435. The van der Waals surface area contributed by atoms with Gasteiger partial charge in [0.15, 0.2) is 11.5 Å². The number of hydrogen-bond acceptors (Lipinski definition) is 4. The van der Waals surface area contributed by atoms with E-state index >= 15 is 0 Å². The van der Waals surface area contributed by atoms with Crippen molar-refractivity contribution >= 4 is 12.4 Å². The molecule has 1 N–H and O–H groups in total. The van der Waals surface area contributed by atoms with Crippen LogP contribution < -0.4 is 19.5 Å². The molecule has 0 atom stereocenters. The number of hydrogen-bond donors (Lipinski definition) is 1. The minimum absolute atomic E-state index is 0. The Labute approximate surface area is 146 Å². The molecule has 4 nitrogen and oxygen atoms in total. The summed E-state index contributed by atoms with van der Waals surface area (Å²) in [5.74, 6) is 2.09. The van der Waals surface area contributed by atoms with Gasteiger partial charge in [0.05, 0.1) is 21.3 Å². The first kappa shape index (κ1) is 19.9. The summed E-state index contributed by atoms with van der Waals surface area (Å²) in [6.45, 7) is 0.835. The van der Waals surface area contributed by atoms with E-state index < -0.39 is 0 Å². The van der Waals surface area contributed by atoms with Crippen LogP contribution in [0.4, 0.5) is 0 Å². The molecule has 0 amide bonds. The lowest BCUT2D eigenvalue weighted by Crippen LogP contribution is -2.29. The molecule has 0 aromatic heterocycles. The summed E-state index contributed by atoms with van der Waals surface area (Å²) in [5, 5.41) is 3.69. The van der Waals surface area contributed by atoms with Gasteiger partial charge in [-0.2, -0.15) is 0 Å². The Hall–Kier alpha value is -1.13. The molecule has 0 unspecified atom stereocenters. The summed E-state index contributed by atoms with van der Waals surface area (Å²) < 4.78 is 16.2. The fourth-order valence-electron chi connectivity index (χ4n) is 3.16. The summed E-state index contributed by atoms with van der Waals surface area (Å²) in [6, 6.07) is 4.67. The first-order chi connectivity index (χ1) is 10.8. The Morgan fingerprint density at radius 3 is 1.87 bits per heavy atom. The van der Waals surface area contributed by atoms with Gasteiger partial charge in [-0.25, -0.2) is 0 Å². The topological polar surface area (TPSA) is 39.7 Å². The van der Waals surface area contributed by atoms with Crippen molar-refractivity contribution in [2.45, 2.75) is 57.5 Å². The van der Waals surface area contributed by atoms with Crippen molar-refractivity contribution < 1.29 is 14.2 Å². The van der Waals surface area contributed by atoms with Crippen LogP contribution in [0.2, 0.25) is 0 Å². The molecule has 1 aromatic carbocycles.